The third-order valence-electron chi connectivity index (χ3n) is 1.84. The van der Waals surface area contributed by atoms with Crippen molar-refractivity contribution in [1.29, 1.82) is 0 Å². The molecule has 4 heteroatoms. The van der Waals surface area contributed by atoms with Crippen molar-refractivity contribution in [3.8, 4) is 11.5 Å². The highest BCUT2D eigenvalue weighted by Gasteiger charge is 2.07. The SMILES string of the molecule is C[Si](C)(C)C#Cc1cccc(N=C(N)CCl)c1. The molecule has 0 aliphatic heterocycles. The molecule has 0 spiro atoms. The van der Waals surface area contributed by atoms with Gasteiger partial charge in [-0.2, -0.15) is 0 Å². The van der Waals surface area contributed by atoms with Gasteiger partial charge < -0.3 is 5.73 Å². The summed E-state index contributed by atoms with van der Waals surface area (Å²) in [6, 6.07) is 7.71. The molecule has 2 N–H and O–H groups in total. The summed E-state index contributed by atoms with van der Waals surface area (Å²) in [4.78, 5) is 4.19. The Hall–Kier alpha value is -1.24. The summed E-state index contributed by atoms with van der Waals surface area (Å²) < 4.78 is 0. The molecular weight excluding hydrogens is 248 g/mol. The zero-order valence-corrected chi connectivity index (χ0v) is 12.2. The second-order valence-electron chi connectivity index (χ2n) is 4.79. The summed E-state index contributed by atoms with van der Waals surface area (Å²) in [5.41, 5.74) is 10.7. The molecule has 0 radical (unpaired) electrons. The Morgan fingerprint density at radius 2 is 2.12 bits per heavy atom. The summed E-state index contributed by atoms with van der Waals surface area (Å²) in [6.45, 7) is 6.65. The topological polar surface area (TPSA) is 38.4 Å². The van der Waals surface area contributed by atoms with Crippen molar-refractivity contribution >= 4 is 31.2 Å². The number of nitrogens with two attached hydrogens (primary N) is 1. The minimum Gasteiger partial charge on any atom is -0.386 e. The molecule has 0 aromatic heterocycles. The van der Waals surface area contributed by atoms with Crippen molar-refractivity contribution in [3.63, 3.8) is 0 Å². The van der Waals surface area contributed by atoms with Gasteiger partial charge in [0.05, 0.1) is 11.6 Å². The first-order valence-corrected chi connectivity index (χ1v) is 9.46. The van der Waals surface area contributed by atoms with Crippen LogP contribution in [0, 0.1) is 11.5 Å². The predicted molar refractivity (Wildman–Crippen MR) is 78.7 cm³/mol. The largest absolute Gasteiger partial charge is 0.386 e. The van der Waals surface area contributed by atoms with E-state index in [4.69, 9.17) is 17.3 Å². The smallest absolute Gasteiger partial charge is 0.129 e. The lowest BCUT2D eigenvalue weighted by atomic mass is 10.2. The van der Waals surface area contributed by atoms with E-state index in [-0.39, 0.29) is 5.88 Å². The molecular formula is C13H17ClN2Si. The number of nitrogens with zero attached hydrogens (tertiary/aromatic N) is 1. The molecule has 90 valence electrons. The minimum atomic E-state index is -1.34. The first-order valence-electron chi connectivity index (χ1n) is 5.43. The fraction of sp³-hybridized carbons (Fsp3) is 0.308. The van der Waals surface area contributed by atoms with Gasteiger partial charge in [0.2, 0.25) is 0 Å². The van der Waals surface area contributed by atoms with Crippen LogP contribution < -0.4 is 5.73 Å². The van der Waals surface area contributed by atoms with E-state index in [0.717, 1.165) is 11.3 Å². The van der Waals surface area contributed by atoms with E-state index in [0.29, 0.717) is 5.84 Å². The molecule has 0 saturated carbocycles. The highest BCUT2D eigenvalue weighted by atomic mass is 35.5. The quantitative estimate of drug-likeness (QED) is 0.288. The van der Waals surface area contributed by atoms with Gasteiger partial charge in [-0.05, 0) is 18.2 Å². The van der Waals surface area contributed by atoms with E-state index < -0.39 is 8.07 Å². The molecule has 1 aromatic carbocycles. The van der Waals surface area contributed by atoms with E-state index in [2.05, 4.69) is 36.1 Å². The molecule has 0 unspecified atom stereocenters. The van der Waals surface area contributed by atoms with E-state index >= 15 is 0 Å². The van der Waals surface area contributed by atoms with Crippen LogP contribution in [0.2, 0.25) is 19.6 Å². The van der Waals surface area contributed by atoms with Crippen molar-refractivity contribution in [2.75, 3.05) is 5.88 Å². The monoisotopic (exact) mass is 264 g/mol. The first-order chi connectivity index (χ1) is 7.90. The minimum absolute atomic E-state index is 0.241. The number of rotatable bonds is 2. The average Bonchev–Trinajstić information content (AvgIpc) is 2.26. The zero-order valence-electron chi connectivity index (χ0n) is 10.4. The lowest BCUT2D eigenvalue weighted by Crippen LogP contribution is -2.16. The third-order valence-corrected chi connectivity index (χ3v) is 2.99. The standard InChI is InChI=1S/C13H17ClN2Si/c1-17(2,3)8-7-11-5-4-6-12(9-11)16-13(15)10-14/h4-6,9H,10H2,1-3H3,(H2,15,16). The Kier molecular flexibility index (Phi) is 4.80. The number of hydrogen-bond donors (Lipinski definition) is 1. The van der Waals surface area contributed by atoms with E-state index in [1.807, 2.05) is 24.3 Å². The normalized spacial score (nSPS) is 11.9. The van der Waals surface area contributed by atoms with Crippen molar-refractivity contribution in [3.05, 3.63) is 29.8 Å². The molecule has 0 aliphatic carbocycles. The van der Waals surface area contributed by atoms with Crippen LogP contribution in [-0.2, 0) is 0 Å². The molecule has 0 bridgehead atoms. The highest BCUT2D eigenvalue weighted by molar-refractivity contribution is 6.83. The summed E-state index contributed by atoms with van der Waals surface area (Å²) >= 11 is 5.58. The lowest BCUT2D eigenvalue weighted by Gasteiger charge is -2.03. The van der Waals surface area contributed by atoms with Gasteiger partial charge in [0.25, 0.3) is 0 Å². The van der Waals surface area contributed by atoms with Crippen molar-refractivity contribution < 1.29 is 0 Å². The van der Waals surface area contributed by atoms with Gasteiger partial charge in [-0.1, -0.05) is 31.6 Å². The highest BCUT2D eigenvalue weighted by Crippen LogP contribution is 2.13. The van der Waals surface area contributed by atoms with Crippen LogP contribution in [0.25, 0.3) is 0 Å². The molecule has 1 aromatic rings. The molecule has 1 rings (SSSR count). The van der Waals surface area contributed by atoms with Crippen LogP contribution in [0.1, 0.15) is 5.56 Å². The van der Waals surface area contributed by atoms with Crippen molar-refractivity contribution in [1.82, 2.24) is 0 Å². The Labute approximate surface area is 109 Å². The van der Waals surface area contributed by atoms with Gasteiger partial charge in [0.1, 0.15) is 13.9 Å². The molecule has 0 amide bonds. The summed E-state index contributed by atoms with van der Waals surface area (Å²) in [7, 11) is -1.34. The Morgan fingerprint density at radius 3 is 2.71 bits per heavy atom. The molecule has 2 nitrogen and oxygen atoms in total. The van der Waals surface area contributed by atoms with Crippen LogP contribution >= 0.6 is 11.6 Å². The zero-order chi connectivity index (χ0) is 12.9. The van der Waals surface area contributed by atoms with Crippen LogP contribution in [0.4, 0.5) is 5.69 Å². The Bertz CT molecular complexity index is 478. The maximum atomic E-state index is 5.59. The number of benzene rings is 1. The fourth-order valence-electron chi connectivity index (χ4n) is 1.11. The number of halogens is 1. The van der Waals surface area contributed by atoms with Crippen molar-refractivity contribution in [2.24, 2.45) is 10.7 Å². The second kappa shape index (κ2) is 5.90. The van der Waals surface area contributed by atoms with Gasteiger partial charge >= 0.3 is 0 Å². The Balaban J connectivity index is 2.97. The van der Waals surface area contributed by atoms with E-state index in [9.17, 15) is 0 Å². The van der Waals surface area contributed by atoms with Crippen LogP contribution in [0.5, 0.6) is 0 Å². The predicted octanol–water partition coefficient (Wildman–Crippen LogP) is 3.14. The number of hydrogen-bond acceptors (Lipinski definition) is 1. The summed E-state index contributed by atoms with van der Waals surface area (Å²) in [5, 5.41) is 0. The Morgan fingerprint density at radius 1 is 1.41 bits per heavy atom. The van der Waals surface area contributed by atoms with Gasteiger partial charge in [0.15, 0.2) is 0 Å². The number of amidine groups is 1. The maximum Gasteiger partial charge on any atom is 0.129 e. The van der Waals surface area contributed by atoms with Crippen molar-refractivity contribution in [2.45, 2.75) is 19.6 Å². The second-order valence-corrected chi connectivity index (χ2v) is 9.80. The maximum absolute atomic E-state index is 5.59. The van der Waals surface area contributed by atoms with Crippen LogP contribution in [0.15, 0.2) is 29.3 Å². The van der Waals surface area contributed by atoms with Gasteiger partial charge in [0, 0.05) is 5.56 Å². The molecule has 17 heavy (non-hydrogen) atoms. The molecule has 0 fully saturated rings. The average molecular weight is 265 g/mol. The summed E-state index contributed by atoms with van der Waals surface area (Å²) in [5.74, 6) is 3.84. The lowest BCUT2D eigenvalue weighted by molar-refractivity contribution is 1.44. The van der Waals surface area contributed by atoms with Gasteiger partial charge in [-0.3, -0.25) is 0 Å². The van der Waals surface area contributed by atoms with Gasteiger partial charge in [-0.25, -0.2) is 4.99 Å². The number of aliphatic imine (C=N–C) groups is 1. The molecule has 0 aliphatic rings. The van der Waals surface area contributed by atoms with E-state index in [1.165, 1.54) is 0 Å². The summed E-state index contributed by atoms with van der Waals surface area (Å²) in [6.07, 6.45) is 0. The fourth-order valence-corrected chi connectivity index (χ4v) is 1.69. The molecule has 0 saturated heterocycles. The molecule has 0 heterocycles. The first kappa shape index (κ1) is 13.8. The number of alkyl halides is 1. The van der Waals surface area contributed by atoms with Crippen LogP contribution in [0.3, 0.4) is 0 Å². The van der Waals surface area contributed by atoms with Gasteiger partial charge in [-0.15, -0.1) is 17.1 Å². The third kappa shape index (κ3) is 5.57. The molecule has 0 atom stereocenters. The van der Waals surface area contributed by atoms with Crippen LogP contribution in [-0.4, -0.2) is 19.8 Å². The van der Waals surface area contributed by atoms with E-state index in [1.54, 1.807) is 0 Å².